The van der Waals surface area contributed by atoms with Gasteiger partial charge in [0, 0.05) is 51.6 Å². The highest BCUT2D eigenvalue weighted by molar-refractivity contribution is 6.01. The number of pyridine rings is 2. The van der Waals surface area contributed by atoms with Crippen molar-refractivity contribution in [2.24, 2.45) is 0 Å². The zero-order valence-electron chi connectivity index (χ0n) is 21.0. The summed E-state index contributed by atoms with van der Waals surface area (Å²) >= 11 is 0. The number of aromatic nitrogens is 5. The van der Waals surface area contributed by atoms with Gasteiger partial charge in [-0.3, -0.25) is 10.1 Å². The van der Waals surface area contributed by atoms with E-state index in [4.69, 9.17) is 0 Å². The fourth-order valence-electron chi connectivity index (χ4n) is 5.18. The third-order valence-corrected chi connectivity index (χ3v) is 7.17. The Balaban J connectivity index is 1.25. The lowest BCUT2D eigenvalue weighted by atomic mass is 10.0. The molecule has 7 rings (SSSR count). The maximum absolute atomic E-state index is 14.6. The predicted octanol–water partition coefficient (Wildman–Crippen LogP) is 7.76. The summed E-state index contributed by atoms with van der Waals surface area (Å²) in [7, 11) is 0. The summed E-state index contributed by atoms with van der Waals surface area (Å²) in [4.78, 5) is 12.6. The van der Waals surface area contributed by atoms with Crippen molar-refractivity contribution in [1.29, 1.82) is 0 Å². The van der Waals surface area contributed by atoms with Crippen LogP contribution in [0.2, 0.25) is 0 Å². The molecule has 0 saturated carbocycles. The second-order valence-corrected chi connectivity index (χ2v) is 9.69. The second-order valence-electron chi connectivity index (χ2n) is 9.69. The van der Waals surface area contributed by atoms with E-state index in [0.29, 0.717) is 11.2 Å². The van der Waals surface area contributed by atoms with Gasteiger partial charge in [0.1, 0.15) is 11.5 Å². The molecule has 0 fully saturated rings. The van der Waals surface area contributed by atoms with Crippen molar-refractivity contribution in [1.82, 2.24) is 25.1 Å². The van der Waals surface area contributed by atoms with E-state index in [2.05, 4.69) is 61.5 Å². The van der Waals surface area contributed by atoms with E-state index in [1.165, 1.54) is 17.2 Å². The highest BCUT2D eigenvalue weighted by atomic mass is 19.1. The SMILES string of the molecule is Fc1ccccc1-c1cccc2[nH]c(-c3n[nH]c4ncc(-c5cncc(CCc6ccccc6)c5)cc34)cc12. The van der Waals surface area contributed by atoms with Crippen LogP contribution in [0.5, 0.6) is 0 Å². The number of aromatic amines is 2. The summed E-state index contributed by atoms with van der Waals surface area (Å²) in [5, 5.41) is 9.49. The van der Waals surface area contributed by atoms with Crippen molar-refractivity contribution in [2.75, 3.05) is 0 Å². The Labute approximate surface area is 224 Å². The number of nitrogens with one attached hydrogen (secondary N) is 2. The zero-order chi connectivity index (χ0) is 26.2. The van der Waals surface area contributed by atoms with Gasteiger partial charge in [0.25, 0.3) is 0 Å². The first-order valence-corrected chi connectivity index (χ1v) is 12.9. The molecular weight excluding hydrogens is 485 g/mol. The minimum atomic E-state index is -0.244. The van der Waals surface area contributed by atoms with Crippen molar-refractivity contribution >= 4 is 21.9 Å². The Morgan fingerprint density at radius 2 is 1.46 bits per heavy atom. The Bertz CT molecular complexity index is 1940. The van der Waals surface area contributed by atoms with Crippen molar-refractivity contribution in [3.8, 4) is 33.6 Å². The van der Waals surface area contributed by atoms with Crippen molar-refractivity contribution in [3.63, 3.8) is 0 Å². The summed E-state index contributed by atoms with van der Waals surface area (Å²) in [6, 6.07) is 29.5. The molecule has 0 bridgehead atoms. The molecule has 4 aromatic heterocycles. The molecule has 0 saturated heterocycles. The number of hydrogen-bond donors (Lipinski definition) is 2. The number of halogens is 1. The normalized spacial score (nSPS) is 11.4. The number of rotatable bonds is 6. The van der Waals surface area contributed by atoms with Crippen LogP contribution in [0.25, 0.3) is 55.6 Å². The van der Waals surface area contributed by atoms with Gasteiger partial charge in [-0.15, -0.1) is 0 Å². The van der Waals surface area contributed by atoms with E-state index < -0.39 is 0 Å². The molecular formula is C33H24FN5. The fourth-order valence-corrected chi connectivity index (χ4v) is 5.18. The van der Waals surface area contributed by atoms with Crippen LogP contribution >= 0.6 is 0 Å². The first-order valence-electron chi connectivity index (χ1n) is 12.9. The first-order chi connectivity index (χ1) is 19.2. The molecule has 5 nitrogen and oxygen atoms in total. The lowest BCUT2D eigenvalue weighted by molar-refractivity contribution is 0.631. The van der Waals surface area contributed by atoms with Crippen LogP contribution in [0.4, 0.5) is 4.39 Å². The summed E-state index contributed by atoms with van der Waals surface area (Å²) in [5.74, 6) is -0.244. The molecule has 188 valence electrons. The molecule has 0 spiro atoms. The maximum atomic E-state index is 14.6. The molecule has 0 amide bonds. The summed E-state index contributed by atoms with van der Waals surface area (Å²) in [6.07, 6.45) is 7.53. The monoisotopic (exact) mass is 509 g/mol. The van der Waals surface area contributed by atoms with Crippen molar-refractivity contribution in [3.05, 3.63) is 127 Å². The Hall–Kier alpha value is -5.10. The van der Waals surface area contributed by atoms with E-state index in [9.17, 15) is 4.39 Å². The van der Waals surface area contributed by atoms with Gasteiger partial charge in [-0.2, -0.15) is 5.10 Å². The number of hydrogen-bond acceptors (Lipinski definition) is 3. The Morgan fingerprint density at radius 1 is 0.667 bits per heavy atom. The van der Waals surface area contributed by atoms with Gasteiger partial charge in [-0.1, -0.05) is 60.7 Å². The molecule has 0 aliphatic carbocycles. The molecule has 0 aliphatic rings. The minimum absolute atomic E-state index is 0.244. The summed E-state index contributed by atoms with van der Waals surface area (Å²) < 4.78 is 14.6. The molecule has 0 aliphatic heterocycles. The van der Waals surface area contributed by atoms with Crippen LogP contribution < -0.4 is 0 Å². The second kappa shape index (κ2) is 9.65. The highest BCUT2D eigenvalue weighted by Gasteiger charge is 2.16. The maximum Gasteiger partial charge on any atom is 0.155 e. The predicted molar refractivity (Wildman–Crippen MR) is 154 cm³/mol. The average Bonchev–Trinajstić information content (AvgIpc) is 3.61. The van der Waals surface area contributed by atoms with E-state index in [1.807, 2.05) is 55.0 Å². The number of nitrogens with zero attached hydrogens (tertiary/aromatic N) is 3. The molecule has 0 unspecified atom stereocenters. The van der Waals surface area contributed by atoms with Crippen LogP contribution in [0.15, 0.2) is 110 Å². The zero-order valence-corrected chi connectivity index (χ0v) is 21.0. The summed E-state index contributed by atoms with van der Waals surface area (Å²) in [6.45, 7) is 0. The largest absolute Gasteiger partial charge is 0.353 e. The summed E-state index contributed by atoms with van der Waals surface area (Å²) in [5.41, 5.74) is 9.12. The molecule has 39 heavy (non-hydrogen) atoms. The minimum Gasteiger partial charge on any atom is -0.353 e. The van der Waals surface area contributed by atoms with Crippen LogP contribution in [0.3, 0.4) is 0 Å². The molecule has 7 aromatic rings. The first kappa shape index (κ1) is 23.0. The lowest BCUT2D eigenvalue weighted by Crippen LogP contribution is -1.93. The molecule has 6 heteroatoms. The quantitative estimate of drug-likeness (QED) is 0.241. The van der Waals surface area contributed by atoms with E-state index in [0.717, 1.165) is 57.2 Å². The van der Waals surface area contributed by atoms with E-state index in [-0.39, 0.29) is 5.82 Å². The topological polar surface area (TPSA) is 70.2 Å². The van der Waals surface area contributed by atoms with Gasteiger partial charge in [0.15, 0.2) is 5.65 Å². The number of benzene rings is 3. The van der Waals surface area contributed by atoms with Gasteiger partial charge in [-0.05, 0) is 59.9 Å². The van der Waals surface area contributed by atoms with Gasteiger partial charge < -0.3 is 4.98 Å². The van der Waals surface area contributed by atoms with E-state index in [1.54, 1.807) is 12.1 Å². The Morgan fingerprint density at radius 3 is 2.36 bits per heavy atom. The highest BCUT2D eigenvalue weighted by Crippen LogP contribution is 2.35. The van der Waals surface area contributed by atoms with Crippen LogP contribution in [0, 0.1) is 5.82 Å². The van der Waals surface area contributed by atoms with Crippen LogP contribution in [-0.2, 0) is 12.8 Å². The number of aryl methyl sites for hydroxylation is 2. The average molecular weight is 510 g/mol. The molecule has 3 aromatic carbocycles. The van der Waals surface area contributed by atoms with Gasteiger partial charge in [-0.25, -0.2) is 9.37 Å². The molecule has 2 N–H and O–H groups in total. The lowest BCUT2D eigenvalue weighted by Gasteiger charge is -2.06. The van der Waals surface area contributed by atoms with E-state index >= 15 is 0 Å². The third kappa shape index (κ3) is 4.36. The van der Waals surface area contributed by atoms with Crippen molar-refractivity contribution in [2.45, 2.75) is 12.8 Å². The standard InChI is InChI=1S/C33H24FN5/c34-29-11-5-4-9-26(29)25-10-6-12-30-27(25)17-31(37-30)32-28-16-24(20-36-33(28)39-38-32)23-15-22(18-35-19-23)14-13-21-7-2-1-3-8-21/h1-12,15-20,37H,13-14H2,(H,36,38,39). The molecule has 0 radical (unpaired) electrons. The van der Waals surface area contributed by atoms with Crippen LogP contribution in [-0.4, -0.2) is 25.1 Å². The molecule has 4 heterocycles. The number of H-pyrrole nitrogens is 2. The number of fused-ring (bicyclic) bond motifs is 2. The van der Waals surface area contributed by atoms with Crippen LogP contribution in [0.1, 0.15) is 11.1 Å². The fraction of sp³-hybridized carbons (Fsp3) is 0.0606. The smallest absolute Gasteiger partial charge is 0.155 e. The van der Waals surface area contributed by atoms with Gasteiger partial charge in [0.2, 0.25) is 0 Å². The molecule has 0 atom stereocenters. The van der Waals surface area contributed by atoms with Crippen molar-refractivity contribution < 1.29 is 4.39 Å². The third-order valence-electron chi connectivity index (χ3n) is 7.17. The van der Waals surface area contributed by atoms with Gasteiger partial charge >= 0.3 is 0 Å². The Kier molecular flexibility index (Phi) is 5.70. The van der Waals surface area contributed by atoms with Gasteiger partial charge in [0.05, 0.1) is 5.69 Å².